The number of anilines is 1. The lowest BCUT2D eigenvalue weighted by Crippen LogP contribution is -2.02. The van der Waals surface area contributed by atoms with Crippen molar-refractivity contribution >= 4 is 49.1 Å². The fraction of sp³-hybridized carbons (Fsp3) is 0.250. The molecule has 6 heteroatoms. The van der Waals surface area contributed by atoms with Crippen LogP contribution in [0.25, 0.3) is 0 Å². The van der Waals surface area contributed by atoms with Crippen molar-refractivity contribution in [2.24, 2.45) is 7.05 Å². The number of rotatable bonds is 3. The van der Waals surface area contributed by atoms with Gasteiger partial charge in [0.1, 0.15) is 5.15 Å². The minimum Gasteiger partial charge on any atom is -0.379 e. The summed E-state index contributed by atoms with van der Waals surface area (Å²) in [5.41, 5.74) is 2.97. The molecule has 1 aromatic carbocycles. The van der Waals surface area contributed by atoms with Gasteiger partial charge in [0.2, 0.25) is 0 Å². The first-order chi connectivity index (χ1) is 8.50. The number of hydrogen-bond donors (Lipinski definition) is 1. The van der Waals surface area contributed by atoms with E-state index in [-0.39, 0.29) is 0 Å². The lowest BCUT2D eigenvalue weighted by atomic mass is 10.2. The lowest BCUT2D eigenvalue weighted by Gasteiger charge is -2.10. The van der Waals surface area contributed by atoms with Gasteiger partial charge in [0.05, 0.1) is 11.4 Å². The molecule has 3 nitrogen and oxygen atoms in total. The molecular formula is C12H12Br2ClN3. The van der Waals surface area contributed by atoms with E-state index >= 15 is 0 Å². The molecule has 0 aliphatic carbocycles. The Morgan fingerprint density at radius 1 is 1.33 bits per heavy atom. The molecule has 0 aliphatic heterocycles. The van der Waals surface area contributed by atoms with Crippen LogP contribution < -0.4 is 5.32 Å². The molecule has 1 N–H and O–H groups in total. The van der Waals surface area contributed by atoms with Crippen LogP contribution in [0.3, 0.4) is 0 Å². The minimum absolute atomic E-state index is 0.639. The molecule has 0 atom stereocenters. The van der Waals surface area contributed by atoms with Gasteiger partial charge in [-0.1, -0.05) is 17.7 Å². The first kappa shape index (κ1) is 13.9. The van der Waals surface area contributed by atoms with E-state index in [1.807, 2.05) is 32.2 Å². The van der Waals surface area contributed by atoms with Crippen molar-refractivity contribution in [2.45, 2.75) is 13.5 Å². The molecule has 1 heterocycles. The van der Waals surface area contributed by atoms with Gasteiger partial charge >= 0.3 is 0 Å². The number of aromatic nitrogens is 2. The molecular weight excluding hydrogens is 381 g/mol. The number of halogens is 3. The first-order valence-electron chi connectivity index (χ1n) is 5.36. The highest BCUT2D eigenvalue weighted by atomic mass is 79.9. The standard InChI is InChI=1S/C12H12Br2ClN3/c1-7-8(12(15)18(2)17-7)6-16-11-9(13)4-3-5-10(11)14/h3-5,16H,6H2,1-2H3. The maximum atomic E-state index is 6.20. The van der Waals surface area contributed by atoms with E-state index in [1.165, 1.54) is 0 Å². The summed E-state index contributed by atoms with van der Waals surface area (Å²) in [6.07, 6.45) is 0. The Morgan fingerprint density at radius 3 is 2.44 bits per heavy atom. The Labute approximate surface area is 128 Å². The predicted octanol–water partition coefficient (Wildman–Crippen LogP) is 4.52. The van der Waals surface area contributed by atoms with Crippen LogP contribution >= 0.6 is 43.5 Å². The summed E-state index contributed by atoms with van der Waals surface area (Å²) in [5.74, 6) is 0. The molecule has 0 amide bonds. The van der Waals surface area contributed by atoms with Crippen molar-refractivity contribution < 1.29 is 0 Å². The minimum atomic E-state index is 0.639. The molecule has 1 aromatic heterocycles. The number of nitrogens with zero attached hydrogens (tertiary/aromatic N) is 2. The molecule has 0 bridgehead atoms. The van der Waals surface area contributed by atoms with E-state index in [1.54, 1.807) is 4.68 Å². The van der Waals surface area contributed by atoms with Gasteiger partial charge in [-0.3, -0.25) is 4.68 Å². The van der Waals surface area contributed by atoms with E-state index in [2.05, 4.69) is 42.3 Å². The van der Waals surface area contributed by atoms with Gasteiger partial charge in [0.15, 0.2) is 0 Å². The second-order valence-corrected chi connectivity index (χ2v) is 6.00. The average Bonchev–Trinajstić information content (AvgIpc) is 2.54. The van der Waals surface area contributed by atoms with Crippen LogP contribution in [0.5, 0.6) is 0 Å². The zero-order chi connectivity index (χ0) is 13.3. The number of hydrogen-bond acceptors (Lipinski definition) is 2. The second kappa shape index (κ2) is 5.63. The fourth-order valence-electron chi connectivity index (χ4n) is 1.72. The third-order valence-electron chi connectivity index (χ3n) is 2.67. The van der Waals surface area contributed by atoms with Crippen LogP contribution in [0.1, 0.15) is 11.3 Å². The largest absolute Gasteiger partial charge is 0.379 e. The van der Waals surface area contributed by atoms with Crippen LogP contribution in [-0.2, 0) is 13.6 Å². The van der Waals surface area contributed by atoms with Crippen LogP contribution in [0.2, 0.25) is 5.15 Å². The zero-order valence-corrected chi connectivity index (χ0v) is 13.9. The van der Waals surface area contributed by atoms with Crippen LogP contribution in [0.4, 0.5) is 5.69 Å². The fourth-order valence-corrected chi connectivity index (χ4v) is 3.24. The van der Waals surface area contributed by atoms with Gasteiger partial charge in [0, 0.05) is 28.1 Å². The van der Waals surface area contributed by atoms with Gasteiger partial charge < -0.3 is 5.32 Å². The van der Waals surface area contributed by atoms with E-state index in [9.17, 15) is 0 Å². The van der Waals surface area contributed by atoms with E-state index < -0.39 is 0 Å². The molecule has 0 fully saturated rings. The summed E-state index contributed by atoms with van der Waals surface area (Å²) in [6, 6.07) is 5.96. The topological polar surface area (TPSA) is 29.9 Å². The molecule has 0 spiro atoms. The van der Waals surface area contributed by atoms with Crippen molar-refractivity contribution in [3.05, 3.63) is 43.6 Å². The van der Waals surface area contributed by atoms with Crippen LogP contribution in [-0.4, -0.2) is 9.78 Å². The van der Waals surface area contributed by atoms with Gasteiger partial charge in [-0.15, -0.1) is 0 Å². The molecule has 96 valence electrons. The summed E-state index contributed by atoms with van der Waals surface area (Å²) in [7, 11) is 1.84. The first-order valence-corrected chi connectivity index (χ1v) is 7.33. The quantitative estimate of drug-likeness (QED) is 0.831. The Morgan fingerprint density at radius 2 is 1.94 bits per heavy atom. The molecule has 0 saturated heterocycles. The Bertz CT molecular complexity index is 561. The molecule has 0 unspecified atom stereocenters. The molecule has 2 rings (SSSR count). The SMILES string of the molecule is Cc1nn(C)c(Cl)c1CNc1c(Br)cccc1Br. The van der Waals surface area contributed by atoms with Crippen molar-refractivity contribution in [3.63, 3.8) is 0 Å². The van der Waals surface area contributed by atoms with Crippen LogP contribution in [0.15, 0.2) is 27.1 Å². The molecule has 0 aliphatic rings. The summed E-state index contributed by atoms with van der Waals surface area (Å²) in [5, 5.41) is 8.32. The zero-order valence-electron chi connectivity index (χ0n) is 9.97. The highest BCUT2D eigenvalue weighted by Gasteiger charge is 2.12. The Kier molecular flexibility index (Phi) is 4.35. The highest BCUT2D eigenvalue weighted by Crippen LogP contribution is 2.31. The van der Waals surface area contributed by atoms with Crippen LogP contribution in [0, 0.1) is 6.92 Å². The molecule has 2 aromatic rings. The van der Waals surface area contributed by atoms with E-state index in [0.29, 0.717) is 11.7 Å². The van der Waals surface area contributed by atoms with E-state index in [4.69, 9.17) is 11.6 Å². The summed E-state index contributed by atoms with van der Waals surface area (Å²) < 4.78 is 3.70. The number of para-hydroxylation sites is 1. The molecule has 18 heavy (non-hydrogen) atoms. The number of benzene rings is 1. The third kappa shape index (κ3) is 2.73. The van der Waals surface area contributed by atoms with Gasteiger partial charge in [0.25, 0.3) is 0 Å². The van der Waals surface area contributed by atoms with Crippen molar-refractivity contribution in [2.75, 3.05) is 5.32 Å². The summed E-state index contributed by atoms with van der Waals surface area (Å²) in [4.78, 5) is 0. The third-order valence-corrected chi connectivity index (χ3v) is 4.47. The van der Waals surface area contributed by atoms with Gasteiger partial charge in [-0.05, 0) is 50.9 Å². The Hall–Kier alpha value is -0.520. The average molecular weight is 394 g/mol. The number of nitrogens with one attached hydrogen (secondary N) is 1. The lowest BCUT2D eigenvalue weighted by molar-refractivity contribution is 0.757. The normalized spacial score (nSPS) is 10.7. The van der Waals surface area contributed by atoms with Gasteiger partial charge in [-0.25, -0.2) is 0 Å². The predicted molar refractivity (Wildman–Crippen MR) is 82.1 cm³/mol. The van der Waals surface area contributed by atoms with Crippen molar-refractivity contribution in [3.8, 4) is 0 Å². The monoisotopic (exact) mass is 391 g/mol. The number of aryl methyl sites for hydroxylation is 2. The Balaban J connectivity index is 2.22. The molecule has 0 radical (unpaired) electrons. The summed E-state index contributed by atoms with van der Waals surface area (Å²) in [6.45, 7) is 2.59. The maximum absolute atomic E-state index is 6.20. The molecule has 0 saturated carbocycles. The van der Waals surface area contributed by atoms with Crippen molar-refractivity contribution in [1.29, 1.82) is 0 Å². The summed E-state index contributed by atoms with van der Waals surface area (Å²) >= 11 is 13.2. The van der Waals surface area contributed by atoms with E-state index in [0.717, 1.165) is 25.9 Å². The second-order valence-electron chi connectivity index (χ2n) is 3.93. The maximum Gasteiger partial charge on any atom is 0.131 e. The highest BCUT2D eigenvalue weighted by molar-refractivity contribution is 9.11. The van der Waals surface area contributed by atoms with Gasteiger partial charge in [-0.2, -0.15) is 5.10 Å². The smallest absolute Gasteiger partial charge is 0.131 e. The van der Waals surface area contributed by atoms with Crippen molar-refractivity contribution in [1.82, 2.24) is 9.78 Å².